The van der Waals surface area contributed by atoms with Crippen LogP contribution in [0, 0.1) is 6.92 Å². The first-order chi connectivity index (χ1) is 8.65. The Labute approximate surface area is 109 Å². The molecule has 1 saturated heterocycles. The zero-order chi connectivity index (χ0) is 13.1. The lowest BCUT2D eigenvalue weighted by Gasteiger charge is -2.29. The maximum Gasteiger partial charge on any atom is 0.122 e. The van der Waals surface area contributed by atoms with Gasteiger partial charge in [-0.1, -0.05) is 0 Å². The van der Waals surface area contributed by atoms with Crippen molar-refractivity contribution in [2.45, 2.75) is 38.6 Å². The fourth-order valence-electron chi connectivity index (χ4n) is 2.66. The third-order valence-corrected chi connectivity index (χ3v) is 3.85. The van der Waals surface area contributed by atoms with Crippen molar-refractivity contribution < 1.29 is 9.47 Å². The molecule has 2 unspecified atom stereocenters. The van der Waals surface area contributed by atoms with Crippen LogP contribution in [0.3, 0.4) is 0 Å². The van der Waals surface area contributed by atoms with E-state index in [1.165, 1.54) is 18.4 Å². The molecule has 2 rings (SSSR count). The fourth-order valence-corrected chi connectivity index (χ4v) is 2.66. The highest BCUT2D eigenvalue weighted by molar-refractivity contribution is 5.47. The third-order valence-electron chi connectivity index (χ3n) is 3.85. The van der Waals surface area contributed by atoms with Gasteiger partial charge < -0.3 is 14.8 Å². The summed E-state index contributed by atoms with van der Waals surface area (Å²) in [6, 6.07) is 4.84. The molecule has 0 aliphatic carbocycles. The molecular weight excluding hydrogens is 226 g/mol. The topological polar surface area (TPSA) is 30.5 Å². The second-order valence-corrected chi connectivity index (χ2v) is 5.15. The Bertz CT molecular complexity index is 409. The normalized spacial score (nSPS) is 23.8. The van der Waals surface area contributed by atoms with Gasteiger partial charge in [0.2, 0.25) is 0 Å². The van der Waals surface area contributed by atoms with Gasteiger partial charge in [-0.2, -0.15) is 0 Å². The molecule has 1 aliphatic rings. The van der Waals surface area contributed by atoms with Crippen LogP contribution in [0.4, 0.5) is 0 Å². The molecule has 1 aromatic rings. The average Bonchev–Trinajstić information content (AvgIpc) is 2.39. The molecule has 0 aromatic heterocycles. The van der Waals surface area contributed by atoms with Gasteiger partial charge in [-0.25, -0.2) is 0 Å². The molecule has 1 heterocycles. The van der Waals surface area contributed by atoms with Crippen LogP contribution in [-0.4, -0.2) is 26.8 Å². The predicted octanol–water partition coefficient (Wildman–Crippen LogP) is 2.87. The Balaban J connectivity index is 2.30. The number of hydrogen-bond donors (Lipinski definition) is 1. The summed E-state index contributed by atoms with van der Waals surface area (Å²) in [5.74, 6) is 2.45. The number of ether oxygens (including phenoxy) is 2. The fraction of sp³-hybridized carbons (Fsp3) is 0.600. The van der Waals surface area contributed by atoms with Gasteiger partial charge in [0.1, 0.15) is 11.5 Å². The van der Waals surface area contributed by atoms with Crippen LogP contribution in [0.5, 0.6) is 11.5 Å². The average molecular weight is 249 g/mol. The second-order valence-electron chi connectivity index (χ2n) is 5.15. The van der Waals surface area contributed by atoms with Crippen molar-refractivity contribution in [3.8, 4) is 11.5 Å². The van der Waals surface area contributed by atoms with Crippen LogP contribution in [0.15, 0.2) is 12.1 Å². The van der Waals surface area contributed by atoms with E-state index in [-0.39, 0.29) is 0 Å². The number of methoxy groups -OCH3 is 2. The van der Waals surface area contributed by atoms with Crippen molar-refractivity contribution in [3.63, 3.8) is 0 Å². The molecule has 0 bridgehead atoms. The zero-order valence-electron chi connectivity index (χ0n) is 11.7. The van der Waals surface area contributed by atoms with E-state index in [0.717, 1.165) is 23.6 Å². The molecule has 1 fully saturated rings. The molecule has 2 atom stereocenters. The number of aryl methyl sites for hydroxylation is 1. The molecule has 1 aromatic carbocycles. The van der Waals surface area contributed by atoms with Crippen molar-refractivity contribution in [2.75, 3.05) is 20.8 Å². The SMILES string of the molecule is COc1cc(C2CCC(C)NC2)c(OC)cc1C. The van der Waals surface area contributed by atoms with Gasteiger partial charge in [0, 0.05) is 24.1 Å². The van der Waals surface area contributed by atoms with E-state index in [0.29, 0.717) is 12.0 Å². The summed E-state index contributed by atoms with van der Waals surface area (Å²) in [7, 11) is 3.46. The van der Waals surface area contributed by atoms with Crippen molar-refractivity contribution >= 4 is 0 Å². The van der Waals surface area contributed by atoms with Gasteiger partial charge >= 0.3 is 0 Å². The third kappa shape index (κ3) is 2.61. The molecule has 0 saturated carbocycles. The van der Waals surface area contributed by atoms with Crippen molar-refractivity contribution in [1.29, 1.82) is 0 Å². The molecule has 3 nitrogen and oxygen atoms in total. The standard InChI is InChI=1S/C15H23NO2/c1-10-7-15(18-4)13(8-14(10)17-3)12-6-5-11(2)16-9-12/h7-8,11-12,16H,5-6,9H2,1-4H3. The lowest BCUT2D eigenvalue weighted by molar-refractivity contribution is 0.360. The Morgan fingerprint density at radius 2 is 1.83 bits per heavy atom. The summed E-state index contributed by atoms with van der Waals surface area (Å²) >= 11 is 0. The molecule has 18 heavy (non-hydrogen) atoms. The summed E-state index contributed by atoms with van der Waals surface area (Å²) in [4.78, 5) is 0. The lowest BCUT2D eigenvalue weighted by atomic mass is 9.88. The molecule has 100 valence electrons. The Kier molecular flexibility index (Phi) is 4.12. The molecular formula is C15H23NO2. The van der Waals surface area contributed by atoms with Gasteiger partial charge in [0.05, 0.1) is 14.2 Å². The van der Waals surface area contributed by atoms with E-state index in [4.69, 9.17) is 9.47 Å². The van der Waals surface area contributed by atoms with Gasteiger partial charge in [-0.15, -0.1) is 0 Å². The first kappa shape index (κ1) is 13.2. The first-order valence-corrected chi connectivity index (χ1v) is 6.61. The Hall–Kier alpha value is -1.22. The minimum atomic E-state index is 0.519. The van der Waals surface area contributed by atoms with Gasteiger partial charge in [0.25, 0.3) is 0 Å². The minimum absolute atomic E-state index is 0.519. The summed E-state index contributed by atoms with van der Waals surface area (Å²) in [6.45, 7) is 5.30. The first-order valence-electron chi connectivity index (χ1n) is 6.61. The summed E-state index contributed by atoms with van der Waals surface area (Å²) in [5.41, 5.74) is 2.38. The van der Waals surface area contributed by atoms with Gasteiger partial charge in [-0.05, 0) is 44.4 Å². The van der Waals surface area contributed by atoms with Gasteiger partial charge in [-0.3, -0.25) is 0 Å². The monoisotopic (exact) mass is 249 g/mol. The second kappa shape index (κ2) is 5.61. The van der Waals surface area contributed by atoms with Gasteiger partial charge in [0.15, 0.2) is 0 Å². The number of benzene rings is 1. The smallest absolute Gasteiger partial charge is 0.122 e. The van der Waals surface area contributed by atoms with Crippen molar-refractivity contribution in [1.82, 2.24) is 5.32 Å². The Morgan fingerprint density at radius 3 is 2.39 bits per heavy atom. The molecule has 1 aliphatic heterocycles. The predicted molar refractivity (Wildman–Crippen MR) is 73.7 cm³/mol. The largest absolute Gasteiger partial charge is 0.496 e. The van der Waals surface area contributed by atoms with E-state index < -0.39 is 0 Å². The van der Waals surface area contributed by atoms with Crippen LogP contribution in [-0.2, 0) is 0 Å². The highest BCUT2D eigenvalue weighted by Crippen LogP contribution is 2.36. The minimum Gasteiger partial charge on any atom is -0.496 e. The summed E-state index contributed by atoms with van der Waals surface area (Å²) in [6.07, 6.45) is 2.42. The maximum absolute atomic E-state index is 5.52. The van der Waals surface area contributed by atoms with E-state index in [1.54, 1.807) is 14.2 Å². The number of nitrogens with one attached hydrogen (secondary N) is 1. The van der Waals surface area contributed by atoms with E-state index in [2.05, 4.69) is 24.4 Å². The van der Waals surface area contributed by atoms with Crippen molar-refractivity contribution in [2.24, 2.45) is 0 Å². The van der Waals surface area contributed by atoms with E-state index in [9.17, 15) is 0 Å². The molecule has 0 amide bonds. The van der Waals surface area contributed by atoms with Crippen LogP contribution < -0.4 is 14.8 Å². The number of rotatable bonds is 3. The highest BCUT2D eigenvalue weighted by Gasteiger charge is 2.23. The van der Waals surface area contributed by atoms with Crippen LogP contribution in [0.25, 0.3) is 0 Å². The number of piperidine rings is 1. The quantitative estimate of drug-likeness (QED) is 0.893. The molecule has 0 spiro atoms. The summed E-state index contributed by atoms with van der Waals surface area (Å²) in [5, 5.41) is 3.54. The Morgan fingerprint density at radius 1 is 1.11 bits per heavy atom. The van der Waals surface area contributed by atoms with Crippen LogP contribution in [0.1, 0.15) is 36.8 Å². The summed E-state index contributed by atoms with van der Waals surface area (Å²) < 4.78 is 10.9. The molecule has 1 N–H and O–H groups in total. The van der Waals surface area contributed by atoms with E-state index in [1.807, 2.05) is 6.92 Å². The molecule has 0 radical (unpaired) electrons. The number of hydrogen-bond acceptors (Lipinski definition) is 3. The highest BCUT2D eigenvalue weighted by atomic mass is 16.5. The lowest BCUT2D eigenvalue weighted by Crippen LogP contribution is -2.35. The molecule has 3 heteroatoms. The zero-order valence-corrected chi connectivity index (χ0v) is 11.7. The van der Waals surface area contributed by atoms with Crippen LogP contribution >= 0.6 is 0 Å². The van der Waals surface area contributed by atoms with E-state index >= 15 is 0 Å². The maximum atomic E-state index is 5.52. The van der Waals surface area contributed by atoms with Crippen molar-refractivity contribution in [3.05, 3.63) is 23.3 Å². The van der Waals surface area contributed by atoms with Crippen LogP contribution in [0.2, 0.25) is 0 Å².